The van der Waals surface area contributed by atoms with Crippen LogP contribution in [0.2, 0.25) is 0 Å². The van der Waals surface area contributed by atoms with Crippen molar-refractivity contribution in [2.45, 2.75) is 39.9 Å². The summed E-state index contributed by atoms with van der Waals surface area (Å²) in [5.74, 6) is 0.859. The third-order valence-corrected chi connectivity index (χ3v) is 2.53. The Labute approximate surface area is 95.1 Å². The number of aromatic nitrogens is 3. The highest BCUT2D eigenvalue weighted by Crippen LogP contribution is 2.01. The van der Waals surface area contributed by atoms with Gasteiger partial charge >= 0.3 is 0 Å². The van der Waals surface area contributed by atoms with E-state index in [1.807, 2.05) is 13.8 Å². The Bertz CT molecular complexity index is 394. The molecule has 0 aliphatic carbocycles. The molecule has 0 fully saturated rings. The van der Waals surface area contributed by atoms with E-state index in [-0.39, 0.29) is 0 Å². The maximum Gasteiger partial charge on any atom is 0.191 e. The Morgan fingerprint density at radius 3 is 2.88 bits per heavy atom. The second-order valence-corrected chi connectivity index (χ2v) is 4.01. The topological polar surface area (TPSA) is 67.1 Å². The number of nitrogens with zero attached hydrogens (tertiary/aromatic N) is 4. The summed E-state index contributed by atoms with van der Waals surface area (Å²) >= 11 is 0. The van der Waals surface area contributed by atoms with Crippen molar-refractivity contribution in [2.24, 2.45) is 4.99 Å². The molecule has 0 bridgehead atoms. The molecule has 16 heavy (non-hydrogen) atoms. The molecule has 6 heteroatoms. The fraction of sp³-hybridized carbons (Fsp3) is 0.700. The van der Waals surface area contributed by atoms with Gasteiger partial charge < -0.3 is 10.6 Å². The first-order valence-corrected chi connectivity index (χ1v) is 5.64. The number of guanidine groups is 1. The normalized spacial score (nSPS) is 19.4. The van der Waals surface area contributed by atoms with Crippen molar-refractivity contribution in [1.82, 2.24) is 25.6 Å². The van der Waals surface area contributed by atoms with Crippen LogP contribution in [0.15, 0.2) is 4.99 Å². The van der Waals surface area contributed by atoms with E-state index in [0.717, 1.165) is 30.4 Å². The minimum absolute atomic E-state index is 0.426. The van der Waals surface area contributed by atoms with Gasteiger partial charge in [-0.2, -0.15) is 15.0 Å². The largest absolute Gasteiger partial charge is 0.352 e. The summed E-state index contributed by atoms with van der Waals surface area (Å²) in [5, 5.41) is 15.1. The second-order valence-electron chi connectivity index (χ2n) is 4.01. The van der Waals surface area contributed by atoms with E-state index >= 15 is 0 Å². The highest BCUT2D eigenvalue weighted by molar-refractivity contribution is 5.81. The molecule has 0 amide bonds. The van der Waals surface area contributed by atoms with Crippen molar-refractivity contribution >= 4 is 5.96 Å². The summed E-state index contributed by atoms with van der Waals surface area (Å²) in [6, 6.07) is 0.426. The molecule has 6 nitrogen and oxygen atoms in total. The van der Waals surface area contributed by atoms with E-state index in [1.165, 1.54) is 0 Å². The highest BCUT2D eigenvalue weighted by Gasteiger charge is 2.13. The maximum absolute atomic E-state index is 4.37. The van der Waals surface area contributed by atoms with Crippen molar-refractivity contribution in [2.75, 3.05) is 6.54 Å². The molecule has 88 valence electrons. The van der Waals surface area contributed by atoms with Crippen LogP contribution in [-0.2, 0) is 13.1 Å². The van der Waals surface area contributed by atoms with Gasteiger partial charge in [0.05, 0.1) is 25.3 Å². The highest BCUT2D eigenvalue weighted by atomic mass is 15.5. The lowest BCUT2D eigenvalue weighted by Crippen LogP contribution is -2.37. The predicted molar refractivity (Wildman–Crippen MR) is 62.2 cm³/mol. The van der Waals surface area contributed by atoms with Gasteiger partial charge in [-0.3, -0.25) is 4.99 Å². The fourth-order valence-corrected chi connectivity index (χ4v) is 1.60. The Balaban J connectivity index is 1.92. The third kappa shape index (κ3) is 2.32. The molecule has 1 aromatic rings. The number of hydrogen-bond donors (Lipinski definition) is 2. The van der Waals surface area contributed by atoms with Gasteiger partial charge in [-0.05, 0) is 20.8 Å². The monoisotopic (exact) mass is 222 g/mol. The first-order chi connectivity index (χ1) is 7.69. The third-order valence-electron chi connectivity index (χ3n) is 2.53. The molecule has 1 atom stereocenters. The summed E-state index contributed by atoms with van der Waals surface area (Å²) in [6.07, 6.45) is 0. The number of hydrogen-bond acceptors (Lipinski definition) is 5. The summed E-state index contributed by atoms with van der Waals surface area (Å²) in [6.45, 7) is 8.42. The van der Waals surface area contributed by atoms with E-state index in [9.17, 15) is 0 Å². The molecule has 1 aliphatic heterocycles. The molecule has 0 aromatic carbocycles. The molecule has 2 rings (SSSR count). The van der Waals surface area contributed by atoms with Crippen molar-refractivity contribution in [3.05, 3.63) is 11.4 Å². The molecule has 1 unspecified atom stereocenters. The average Bonchev–Trinajstić information content (AvgIpc) is 2.82. The average molecular weight is 222 g/mol. The van der Waals surface area contributed by atoms with Gasteiger partial charge in [0.2, 0.25) is 0 Å². The van der Waals surface area contributed by atoms with Crippen LogP contribution in [-0.4, -0.2) is 33.5 Å². The van der Waals surface area contributed by atoms with E-state index in [0.29, 0.717) is 12.6 Å². The van der Waals surface area contributed by atoms with Crippen LogP contribution in [0.1, 0.15) is 25.2 Å². The van der Waals surface area contributed by atoms with Gasteiger partial charge in [0.15, 0.2) is 5.96 Å². The van der Waals surface area contributed by atoms with Crippen molar-refractivity contribution < 1.29 is 0 Å². The molecule has 0 spiro atoms. The van der Waals surface area contributed by atoms with E-state index in [4.69, 9.17) is 0 Å². The standard InChI is InChI=1S/C10H18N6/c1-4-16-14-8(3)9(15-16)6-12-10-11-5-7(2)13-10/h7H,4-6H2,1-3H3,(H2,11,12,13). The van der Waals surface area contributed by atoms with Crippen molar-refractivity contribution in [3.8, 4) is 0 Å². The molecule has 2 N–H and O–H groups in total. The zero-order valence-electron chi connectivity index (χ0n) is 9.99. The van der Waals surface area contributed by atoms with Crippen molar-refractivity contribution in [3.63, 3.8) is 0 Å². The second kappa shape index (κ2) is 4.51. The first kappa shape index (κ1) is 10.9. The summed E-state index contributed by atoms with van der Waals surface area (Å²) < 4.78 is 0. The molecule has 0 radical (unpaired) electrons. The zero-order valence-corrected chi connectivity index (χ0v) is 9.99. The van der Waals surface area contributed by atoms with Gasteiger partial charge in [0.25, 0.3) is 0 Å². The Hall–Kier alpha value is -1.59. The van der Waals surface area contributed by atoms with Gasteiger partial charge in [-0.1, -0.05) is 0 Å². The molecule has 0 saturated heterocycles. The van der Waals surface area contributed by atoms with Gasteiger partial charge in [0.1, 0.15) is 5.69 Å². The lowest BCUT2D eigenvalue weighted by Gasteiger charge is -2.07. The first-order valence-electron chi connectivity index (χ1n) is 5.64. The lowest BCUT2D eigenvalue weighted by molar-refractivity contribution is 0.560. The van der Waals surface area contributed by atoms with Crippen molar-refractivity contribution in [1.29, 1.82) is 0 Å². The van der Waals surface area contributed by atoms with Crippen LogP contribution >= 0.6 is 0 Å². The molecule has 1 aliphatic rings. The Morgan fingerprint density at radius 1 is 1.50 bits per heavy atom. The summed E-state index contributed by atoms with van der Waals surface area (Å²) in [5.41, 5.74) is 1.95. The molecule has 1 aromatic heterocycles. The minimum Gasteiger partial charge on any atom is -0.352 e. The molecule has 0 saturated carbocycles. The quantitative estimate of drug-likeness (QED) is 0.758. The Morgan fingerprint density at radius 2 is 2.31 bits per heavy atom. The number of rotatable bonds is 3. The predicted octanol–water partition coefficient (Wildman–Crippen LogP) is 0.0437. The summed E-state index contributed by atoms with van der Waals surface area (Å²) in [4.78, 5) is 6.04. The number of aryl methyl sites for hydroxylation is 2. The van der Waals surface area contributed by atoms with Crippen LogP contribution in [0, 0.1) is 6.92 Å². The number of nitrogens with one attached hydrogen (secondary N) is 2. The van der Waals surface area contributed by atoms with Crippen LogP contribution in [0.25, 0.3) is 0 Å². The van der Waals surface area contributed by atoms with Crippen LogP contribution in [0.4, 0.5) is 0 Å². The fourth-order valence-electron chi connectivity index (χ4n) is 1.60. The zero-order chi connectivity index (χ0) is 11.5. The van der Waals surface area contributed by atoms with Crippen LogP contribution in [0.5, 0.6) is 0 Å². The van der Waals surface area contributed by atoms with E-state index < -0.39 is 0 Å². The number of aliphatic imine (C=N–C) groups is 1. The van der Waals surface area contributed by atoms with Gasteiger partial charge in [-0.15, -0.1) is 0 Å². The van der Waals surface area contributed by atoms with Crippen LogP contribution in [0.3, 0.4) is 0 Å². The van der Waals surface area contributed by atoms with Crippen LogP contribution < -0.4 is 10.6 Å². The van der Waals surface area contributed by atoms with E-state index in [1.54, 1.807) is 4.80 Å². The van der Waals surface area contributed by atoms with Gasteiger partial charge in [-0.25, -0.2) is 0 Å². The minimum atomic E-state index is 0.426. The smallest absolute Gasteiger partial charge is 0.191 e. The van der Waals surface area contributed by atoms with E-state index in [2.05, 4.69) is 32.7 Å². The maximum atomic E-state index is 4.37. The lowest BCUT2D eigenvalue weighted by atomic mass is 10.3. The molecular formula is C10H18N6. The van der Waals surface area contributed by atoms with Gasteiger partial charge in [0, 0.05) is 6.04 Å². The molecular weight excluding hydrogens is 204 g/mol. The summed E-state index contributed by atoms with van der Waals surface area (Å²) in [7, 11) is 0. The molecule has 2 heterocycles. The Kier molecular flexibility index (Phi) is 3.07. The SMILES string of the molecule is CCn1nc(C)c(CNC2=NCC(C)N2)n1.